The van der Waals surface area contributed by atoms with Gasteiger partial charge in [0.2, 0.25) is 0 Å². The minimum atomic E-state index is -0.835. The molecule has 1 unspecified atom stereocenters. The molecule has 0 N–H and O–H groups in total. The molecule has 0 radical (unpaired) electrons. The average Bonchev–Trinajstić information content (AvgIpc) is 3.47. The van der Waals surface area contributed by atoms with Gasteiger partial charge in [-0.25, -0.2) is 0 Å². The third kappa shape index (κ3) is 65.2. The van der Waals surface area contributed by atoms with Gasteiger partial charge in [0.15, 0.2) is 6.10 Å². The molecule has 0 heterocycles. The Labute approximate surface area is 497 Å². The Morgan fingerprint density at radius 3 is 0.802 bits per heavy atom. The molecule has 0 saturated heterocycles. The van der Waals surface area contributed by atoms with Crippen LogP contribution in [0.5, 0.6) is 0 Å². The maximum Gasteiger partial charge on any atom is 0.306 e. The number of esters is 3. The van der Waals surface area contributed by atoms with E-state index < -0.39 is 12.1 Å². The van der Waals surface area contributed by atoms with E-state index in [-0.39, 0.29) is 31.6 Å². The maximum atomic E-state index is 12.8. The van der Waals surface area contributed by atoms with Crippen molar-refractivity contribution >= 4 is 17.9 Å². The van der Waals surface area contributed by atoms with Crippen LogP contribution < -0.4 is 0 Å². The smallest absolute Gasteiger partial charge is 0.306 e. The fourth-order valence-corrected chi connectivity index (χ4v) is 8.17. The largest absolute Gasteiger partial charge is 0.462 e. The molecule has 6 nitrogen and oxygen atoms in total. The highest BCUT2D eigenvalue weighted by Crippen LogP contribution is 2.14. The van der Waals surface area contributed by atoms with Crippen LogP contribution in [0.15, 0.2) is 182 Å². The summed E-state index contributed by atoms with van der Waals surface area (Å²) in [6, 6.07) is 0. The van der Waals surface area contributed by atoms with Crippen molar-refractivity contribution < 1.29 is 28.6 Å². The maximum absolute atomic E-state index is 12.8. The Hall–Kier alpha value is -5.49. The van der Waals surface area contributed by atoms with Gasteiger partial charge in [0.05, 0.1) is 0 Å². The lowest BCUT2D eigenvalue weighted by molar-refractivity contribution is -0.166. The van der Waals surface area contributed by atoms with Crippen molar-refractivity contribution in [2.24, 2.45) is 0 Å². The Morgan fingerprint density at radius 2 is 0.506 bits per heavy atom. The number of unbranched alkanes of at least 4 members (excludes halogenated alkanes) is 15. The first-order chi connectivity index (χ1) is 40.0. The summed E-state index contributed by atoms with van der Waals surface area (Å²) in [5.41, 5.74) is 0. The molecule has 0 aliphatic carbocycles. The van der Waals surface area contributed by atoms with Gasteiger partial charge >= 0.3 is 17.9 Å². The lowest BCUT2D eigenvalue weighted by atomic mass is 10.1. The van der Waals surface area contributed by atoms with Gasteiger partial charge in [-0.15, -0.1) is 0 Å². The third-order valence-corrected chi connectivity index (χ3v) is 12.9. The van der Waals surface area contributed by atoms with E-state index in [1.807, 2.05) is 12.2 Å². The summed E-state index contributed by atoms with van der Waals surface area (Å²) in [4.78, 5) is 38.2. The Bertz CT molecular complexity index is 1900. The van der Waals surface area contributed by atoms with E-state index in [2.05, 4.69) is 191 Å². The predicted molar refractivity (Wildman–Crippen MR) is 352 cm³/mol. The van der Waals surface area contributed by atoms with Crippen LogP contribution in [0.3, 0.4) is 0 Å². The summed E-state index contributed by atoms with van der Waals surface area (Å²) in [5.74, 6) is -1.03. The number of allylic oxidation sites excluding steroid dienone is 30. The fraction of sp³-hybridized carbons (Fsp3) is 0.560. The number of ether oxygens (including phenoxy) is 3. The van der Waals surface area contributed by atoms with E-state index in [0.29, 0.717) is 19.3 Å². The quantitative estimate of drug-likeness (QED) is 0.0261. The van der Waals surface area contributed by atoms with Crippen LogP contribution in [0.25, 0.3) is 0 Å². The standard InChI is InChI=1S/C75H116O6/c1-4-7-10-13-16-19-22-24-26-28-30-31-32-33-34-35-36-37-38-39-40-41-42-43-45-46-48-50-53-56-59-62-65-68-74(77)80-71-72(70-79-73(76)67-64-61-58-55-52-21-18-15-12-9-6-3)81-75(78)69-66-63-60-57-54-51-49-47-44-29-27-25-23-20-17-14-11-8-5-2/h7-8,10-11,16-17,19-20,24-27,30-31,33-34,36-37,39-40,42-44,46-48,51,54,60,63,72H,4-6,9,12-15,18,21-23,28-29,32,35,38,41,45,49-50,52-53,55-59,61-62,64-71H2,1-3H3/b10-7-,11-8-,19-16-,20-17-,26-24-,27-25-,31-30-,34-33-,37-36-,40-39-,43-42-,47-44-,48-46-,54-51-,63-60-. The molecule has 0 spiro atoms. The van der Waals surface area contributed by atoms with E-state index in [1.54, 1.807) is 0 Å². The highest BCUT2D eigenvalue weighted by Gasteiger charge is 2.19. The summed E-state index contributed by atoms with van der Waals surface area (Å²) in [6.45, 7) is 6.31. The summed E-state index contributed by atoms with van der Waals surface area (Å²) >= 11 is 0. The molecule has 0 saturated carbocycles. The van der Waals surface area contributed by atoms with Crippen molar-refractivity contribution in [3.05, 3.63) is 182 Å². The van der Waals surface area contributed by atoms with Crippen LogP contribution in [-0.2, 0) is 28.6 Å². The first-order valence-corrected chi connectivity index (χ1v) is 32.3. The SMILES string of the molecule is CC/C=C\C/C=C\C/C=C\C/C=C\C/C=C\C/C=C\C/C=C\C/C=C\C/C=C\CCCCCCCC(=O)OCC(COC(=O)CCCCCCCCCCCCC)OC(=O)CC/C=C\C/C=C\C/C=C\C/C=C\C/C=C\C/C=C\CC. The molecule has 0 aromatic carbocycles. The third-order valence-electron chi connectivity index (χ3n) is 12.9. The Balaban J connectivity index is 4.41. The summed E-state index contributed by atoms with van der Waals surface area (Å²) in [5, 5.41) is 0. The van der Waals surface area contributed by atoms with Gasteiger partial charge < -0.3 is 14.2 Å². The van der Waals surface area contributed by atoms with Crippen molar-refractivity contribution in [2.75, 3.05) is 13.2 Å². The zero-order chi connectivity index (χ0) is 58.5. The minimum Gasteiger partial charge on any atom is -0.462 e. The fourth-order valence-electron chi connectivity index (χ4n) is 8.17. The van der Waals surface area contributed by atoms with Crippen LogP contribution in [0, 0.1) is 0 Å². The second kappa shape index (κ2) is 67.0. The molecule has 452 valence electrons. The summed E-state index contributed by atoms with van der Waals surface area (Å²) in [6.07, 6.45) is 101. The summed E-state index contributed by atoms with van der Waals surface area (Å²) < 4.78 is 16.8. The van der Waals surface area contributed by atoms with E-state index in [0.717, 1.165) is 154 Å². The van der Waals surface area contributed by atoms with Gasteiger partial charge in [-0.2, -0.15) is 0 Å². The number of carbonyl (C=O) groups is 3. The molecule has 1 atom stereocenters. The van der Waals surface area contributed by atoms with Crippen molar-refractivity contribution in [1.29, 1.82) is 0 Å². The lowest BCUT2D eigenvalue weighted by Crippen LogP contribution is -2.30. The average molecular weight is 1110 g/mol. The van der Waals surface area contributed by atoms with Crippen LogP contribution in [-0.4, -0.2) is 37.2 Å². The number of rotatable bonds is 56. The topological polar surface area (TPSA) is 78.9 Å². The highest BCUT2D eigenvalue weighted by atomic mass is 16.6. The normalized spacial score (nSPS) is 13.4. The van der Waals surface area contributed by atoms with Crippen molar-refractivity contribution in [2.45, 2.75) is 258 Å². The molecule has 0 rings (SSSR count). The first kappa shape index (κ1) is 75.5. The van der Waals surface area contributed by atoms with E-state index >= 15 is 0 Å². The number of hydrogen-bond donors (Lipinski definition) is 0. The molecule has 0 aliphatic heterocycles. The monoisotopic (exact) mass is 1110 g/mol. The predicted octanol–water partition coefficient (Wildman–Crippen LogP) is 22.4. The van der Waals surface area contributed by atoms with Crippen LogP contribution in [0.4, 0.5) is 0 Å². The van der Waals surface area contributed by atoms with E-state index in [1.165, 1.54) is 51.4 Å². The van der Waals surface area contributed by atoms with E-state index in [9.17, 15) is 14.4 Å². The molecule has 0 fully saturated rings. The molecule has 6 heteroatoms. The molecule has 0 aromatic rings. The van der Waals surface area contributed by atoms with Crippen molar-refractivity contribution in [1.82, 2.24) is 0 Å². The second-order valence-electron chi connectivity index (χ2n) is 20.6. The van der Waals surface area contributed by atoms with Crippen molar-refractivity contribution in [3.63, 3.8) is 0 Å². The van der Waals surface area contributed by atoms with Crippen LogP contribution >= 0.6 is 0 Å². The molecule has 0 aromatic heterocycles. The highest BCUT2D eigenvalue weighted by molar-refractivity contribution is 5.71. The van der Waals surface area contributed by atoms with Crippen molar-refractivity contribution in [3.8, 4) is 0 Å². The second-order valence-corrected chi connectivity index (χ2v) is 20.6. The van der Waals surface area contributed by atoms with Gasteiger partial charge in [0, 0.05) is 19.3 Å². The Morgan fingerprint density at radius 1 is 0.259 bits per heavy atom. The first-order valence-electron chi connectivity index (χ1n) is 32.3. The molecule has 81 heavy (non-hydrogen) atoms. The molecular formula is C75H116O6. The summed E-state index contributed by atoms with van der Waals surface area (Å²) in [7, 11) is 0. The molecule has 0 bridgehead atoms. The van der Waals surface area contributed by atoms with Gasteiger partial charge in [-0.3, -0.25) is 14.4 Å². The zero-order valence-electron chi connectivity index (χ0n) is 51.7. The Kier molecular flexibility index (Phi) is 62.5. The zero-order valence-corrected chi connectivity index (χ0v) is 51.7. The number of hydrogen-bond acceptors (Lipinski definition) is 6. The molecular weight excluding hydrogens is 997 g/mol. The number of carbonyl (C=O) groups excluding carboxylic acids is 3. The van der Waals surface area contributed by atoms with Crippen LogP contribution in [0.1, 0.15) is 252 Å². The van der Waals surface area contributed by atoms with Gasteiger partial charge in [-0.1, -0.05) is 287 Å². The molecule has 0 amide bonds. The van der Waals surface area contributed by atoms with Gasteiger partial charge in [-0.05, 0) is 128 Å². The van der Waals surface area contributed by atoms with Gasteiger partial charge in [0.1, 0.15) is 13.2 Å². The molecule has 0 aliphatic rings. The van der Waals surface area contributed by atoms with E-state index in [4.69, 9.17) is 14.2 Å². The minimum absolute atomic E-state index is 0.121. The lowest BCUT2D eigenvalue weighted by Gasteiger charge is -2.18. The van der Waals surface area contributed by atoms with Crippen LogP contribution in [0.2, 0.25) is 0 Å². The van der Waals surface area contributed by atoms with Gasteiger partial charge in [0.25, 0.3) is 0 Å².